The van der Waals surface area contributed by atoms with E-state index in [1.54, 1.807) is 63.6 Å². The van der Waals surface area contributed by atoms with Crippen molar-refractivity contribution >= 4 is 23.2 Å². The van der Waals surface area contributed by atoms with Crippen LogP contribution in [0, 0.1) is 0 Å². The van der Waals surface area contributed by atoms with Gasteiger partial charge in [0.25, 0.3) is 0 Å². The Balaban J connectivity index is 2.08. The van der Waals surface area contributed by atoms with Crippen LogP contribution in [0.15, 0.2) is 42.5 Å². The SMILES string of the molecule is CCC(=O)Nc1cccc(NC(=O)Cc2cc(OC)ccc2OC)c1. The van der Waals surface area contributed by atoms with Crippen molar-refractivity contribution in [1.82, 2.24) is 0 Å². The third kappa shape index (κ3) is 5.24. The number of carbonyl (C=O) groups is 2. The first-order valence-electron chi connectivity index (χ1n) is 7.96. The van der Waals surface area contributed by atoms with E-state index >= 15 is 0 Å². The largest absolute Gasteiger partial charge is 0.497 e. The van der Waals surface area contributed by atoms with E-state index in [-0.39, 0.29) is 18.2 Å². The molecule has 2 aromatic rings. The standard InChI is InChI=1S/C19H22N2O4/c1-4-18(22)20-14-6-5-7-15(12-14)21-19(23)11-13-10-16(24-2)8-9-17(13)25-3/h5-10,12H,4,11H2,1-3H3,(H,20,22)(H,21,23). The highest BCUT2D eigenvalue weighted by Gasteiger charge is 2.11. The van der Waals surface area contributed by atoms with Crippen LogP contribution in [-0.4, -0.2) is 26.0 Å². The molecule has 0 saturated heterocycles. The molecule has 0 aliphatic heterocycles. The minimum Gasteiger partial charge on any atom is -0.497 e. The lowest BCUT2D eigenvalue weighted by molar-refractivity contribution is -0.116. The van der Waals surface area contributed by atoms with Crippen molar-refractivity contribution in [3.05, 3.63) is 48.0 Å². The average molecular weight is 342 g/mol. The number of amides is 2. The summed E-state index contributed by atoms with van der Waals surface area (Å²) in [6.07, 6.45) is 0.540. The van der Waals surface area contributed by atoms with Gasteiger partial charge in [0.15, 0.2) is 0 Å². The molecule has 0 radical (unpaired) electrons. The molecule has 25 heavy (non-hydrogen) atoms. The summed E-state index contributed by atoms with van der Waals surface area (Å²) in [7, 11) is 3.13. The highest BCUT2D eigenvalue weighted by molar-refractivity contribution is 5.95. The minimum atomic E-state index is -0.189. The summed E-state index contributed by atoms with van der Waals surface area (Å²) in [5.41, 5.74) is 1.99. The number of carbonyl (C=O) groups excluding carboxylic acids is 2. The molecule has 0 aliphatic carbocycles. The van der Waals surface area contributed by atoms with Gasteiger partial charge in [0.05, 0.1) is 20.6 Å². The summed E-state index contributed by atoms with van der Waals surface area (Å²) in [6, 6.07) is 12.3. The van der Waals surface area contributed by atoms with Gasteiger partial charge in [0, 0.05) is 23.4 Å². The zero-order valence-electron chi connectivity index (χ0n) is 14.6. The monoisotopic (exact) mass is 342 g/mol. The molecule has 0 heterocycles. The third-order valence-corrected chi connectivity index (χ3v) is 3.59. The van der Waals surface area contributed by atoms with Gasteiger partial charge in [-0.05, 0) is 36.4 Å². The predicted octanol–water partition coefficient (Wildman–Crippen LogP) is 3.23. The maximum absolute atomic E-state index is 12.3. The Morgan fingerprint density at radius 2 is 1.60 bits per heavy atom. The van der Waals surface area contributed by atoms with Gasteiger partial charge in [-0.2, -0.15) is 0 Å². The number of ether oxygens (including phenoxy) is 2. The molecule has 2 rings (SSSR count). The Morgan fingerprint density at radius 3 is 2.20 bits per heavy atom. The first-order chi connectivity index (χ1) is 12.0. The van der Waals surface area contributed by atoms with Gasteiger partial charge in [-0.1, -0.05) is 13.0 Å². The Hall–Kier alpha value is -3.02. The molecule has 0 saturated carbocycles. The normalized spacial score (nSPS) is 10.0. The fourth-order valence-electron chi connectivity index (χ4n) is 2.32. The minimum absolute atomic E-state index is 0.0791. The van der Waals surface area contributed by atoms with Gasteiger partial charge in [-0.25, -0.2) is 0 Å². The van der Waals surface area contributed by atoms with Crippen LogP contribution in [0.2, 0.25) is 0 Å². The average Bonchev–Trinajstić information content (AvgIpc) is 2.61. The fraction of sp³-hybridized carbons (Fsp3) is 0.263. The topological polar surface area (TPSA) is 76.7 Å². The highest BCUT2D eigenvalue weighted by atomic mass is 16.5. The fourth-order valence-corrected chi connectivity index (χ4v) is 2.32. The van der Waals surface area contributed by atoms with Crippen LogP contribution in [0.25, 0.3) is 0 Å². The Labute approximate surface area is 147 Å². The van der Waals surface area contributed by atoms with E-state index in [4.69, 9.17) is 9.47 Å². The third-order valence-electron chi connectivity index (χ3n) is 3.59. The number of rotatable bonds is 7. The van der Waals surface area contributed by atoms with Crippen molar-refractivity contribution in [3.8, 4) is 11.5 Å². The van der Waals surface area contributed by atoms with Gasteiger partial charge in [0.2, 0.25) is 11.8 Å². The van der Waals surface area contributed by atoms with Crippen LogP contribution < -0.4 is 20.1 Å². The smallest absolute Gasteiger partial charge is 0.228 e. The van der Waals surface area contributed by atoms with Crippen molar-refractivity contribution in [1.29, 1.82) is 0 Å². The number of methoxy groups -OCH3 is 2. The quantitative estimate of drug-likeness (QED) is 0.810. The van der Waals surface area contributed by atoms with Crippen LogP contribution in [0.1, 0.15) is 18.9 Å². The highest BCUT2D eigenvalue weighted by Crippen LogP contribution is 2.25. The van der Waals surface area contributed by atoms with Crippen LogP contribution in [0.5, 0.6) is 11.5 Å². The van der Waals surface area contributed by atoms with Crippen molar-refractivity contribution in [2.75, 3.05) is 24.9 Å². The summed E-state index contributed by atoms with van der Waals surface area (Å²) in [5.74, 6) is 1.02. The lowest BCUT2D eigenvalue weighted by atomic mass is 10.1. The molecule has 2 aromatic carbocycles. The zero-order valence-corrected chi connectivity index (χ0v) is 14.6. The molecule has 6 heteroatoms. The molecule has 6 nitrogen and oxygen atoms in total. The number of hydrogen-bond acceptors (Lipinski definition) is 4. The molecule has 2 amide bonds. The second-order valence-corrected chi connectivity index (χ2v) is 5.39. The molecule has 0 spiro atoms. The first kappa shape index (κ1) is 18.3. The van der Waals surface area contributed by atoms with E-state index in [1.165, 1.54) is 0 Å². The molecule has 0 bridgehead atoms. The van der Waals surface area contributed by atoms with Gasteiger partial charge >= 0.3 is 0 Å². The van der Waals surface area contributed by atoms with Gasteiger partial charge in [0.1, 0.15) is 11.5 Å². The Morgan fingerprint density at radius 1 is 0.920 bits per heavy atom. The summed E-state index contributed by atoms with van der Waals surface area (Å²) < 4.78 is 10.5. The van der Waals surface area contributed by atoms with E-state index < -0.39 is 0 Å². The summed E-state index contributed by atoms with van der Waals surface area (Å²) >= 11 is 0. The molecule has 0 atom stereocenters. The molecule has 132 valence electrons. The number of anilines is 2. The number of benzene rings is 2. The number of nitrogens with one attached hydrogen (secondary N) is 2. The molecule has 0 aromatic heterocycles. The van der Waals surface area contributed by atoms with Gasteiger partial charge < -0.3 is 20.1 Å². The molecular weight excluding hydrogens is 320 g/mol. The molecule has 0 aliphatic rings. The molecular formula is C19H22N2O4. The predicted molar refractivity (Wildman–Crippen MR) is 97.2 cm³/mol. The van der Waals surface area contributed by atoms with E-state index in [0.29, 0.717) is 29.3 Å². The molecule has 0 unspecified atom stereocenters. The number of hydrogen-bond donors (Lipinski definition) is 2. The van der Waals surface area contributed by atoms with E-state index in [0.717, 1.165) is 5.56 Å². The zero-order chi connectivity index (χ0) is 18.2. The maximum Gasteiger partial charge on any atom is 0.228 e. The van der Waals surface area contributed by atoms with Crippen molar-refractivity contribution in [2.45, 2.75) is 19.8 Å². The van der Waals surface area contributed by atoms with Crippen molar-refractivity contribution < 1.29 is 19.1 Å². The van der Waals surface area contributed by atoms with Crippen LogP contribution in [0.4, 0.5) is 11.4 Å². The van der Waals surface area contributed by atoms with Gasteiger partial charge in [-0.15, -0.1) is 0 Å². The van der Waals surface area contributed by atoms with E-state index in [1.807, 2.05) is 0 Å². The lowest BCUT2D eigenvalue weighted by Gasteiger charge is -2.11. The summed E-state index contributed by atoms with van der Waals surface area (Å²) in [4.78, 5) is 23.8. The van der Waals surface area contributed by atoms with Crippen molar-refractivity contribution in [2.24, 2.45) is 0 Å². The van der Waals surface area contributed by atoms with Crippen LogP contribution >= 0.6 is 0 Å². The molecule has 0 fully saturated rings. The van der Waals surface area contributed by atoms with E-state index in [9.17, 15) is 9.59 Å². The van der Waals surface area contributed by atoms with E-state index in [2.05, 4.69) is 10.6 Å². The molecule has 2 N–H and O–H groups in total. The van der Waals surface area contributed by atoms with Crippen LogP contribution in [0.3, 0.4) is 0 Å². The van der Waals surface area contributed by atoms with Crippen molar-refractivity contribution in [3.63, 3.8) is 0 Å². The Bertz CT molecular complexity index is 759. The maximum atomic E-state index is 12.3. The second-order valence-electron chi connectivity index (χ2n) is 5.39. The Kier molecular flexibility index (Phi) is 6.39. The lowest BCUT2D eigenvalue weighted by Crippen LogP contribution is -2.15. The summed E-state index contributed by atoms with van der Waals surface area (Å²) in [5, 5.41) is 5.59. The van der Waals surface area contributed by atoms with Crippen LogP contribution in [-0.2, 0) is 16.0 Å². The van der Waals surface area contributed by atoms with Gasteiger partial charge in [-0.3, -0.25) is 9.59 Å². The second kappa shape index (κ2) is 8.73. The first-order valence-corrected chi connectivity index (χ1v) is 7.96. The summed E-state index contributed by atoms with van der Waals surface area (Å²) in [6.45, 7) is 1.78.